The molecule has 1 aromatic rings. The second-order valence-electron chi connectivity index (χ2n) is 7.24. The van der Waals surface area contributed by atoms with Crippen LogP contribution in [0.25, 0.3) is 5.57 Å². The summed E-state index contributed by atoms with van der Waals surface area (Å²) >= 11 is 0. The first-order valence-corrected chi connectivity index (χ1v) is 9.18. The largest absolute Gasteiger partial charge is 0.451 e. The molecule has 2 aliphatic rings. The van der Waals surface area contributed by atoms with Crippen molar-refractivity contribution in [2.75, 3.05) is 13.2 Å². The normalized spacial score (nSPS) is 26.4. The van der Waals surface area contributed by atoms with Crippen LogP contribution in [0.15, 0.2) is 30.1 Å². The molecule has 0 bridgehead atoms. The number of fused-ring (bicyclic) bond motifs is 1. The van der Waals surface area contributed by atoms with Gasteiger partial charge in [0.2, 0.25) is 0 Å². The van der Waals surface area contributed by atoms with Gasteiger partial charge < -0.3 is 13.8 Å². The van der Waals surface area contributed by atoms with Crippen molar-refractivity contribution < 1.29 is 23.1 Å². The summed E-state index contributed by atoms with van der Waals surface area (Å²) < 4.78 is 29.5. The van der Waals surface area contributed by atoms with Crippen LogP contribution in [0.4, 0.5) is 0 Å². The maximum absolute atomic E-state index is 12.9. The molecule has 6 heteroatoms. The molecule has 1 saturated heterocycles. The Bertz CT molecular complexity index is 718. The van der Waals surface area contributed by atoms with Crippen LogP contribution < -0.4 is 0 Å². The fourth-order valence-electron chi connectivity index (χ4n) is 2.63. The first-order chi connectivity index (χ1) is 10.6. The van der Waals surface area contributed by atoms with Crippen LogP contribution in [0.2, 0.25) is 0 Å². The number of hydrogen-bond donors (Lipinski definition) is 0. The van der Waals surface area contributed by atoms with Gasteiger partial charge in [0.05, 0.1) is 18.8 Å². The quantitative estimate of drug-likeness (QED) is 0.567. The van der Waals surface area contributed by atoms with Crippen molar-refractivity contribution in [2.45, 2.75) is 33.3 Å². The van der Waals surface area contributed by atoms with Crippen LogP contribution in [0, 0.1) is 5.41 Å². The molecular weight excluding hydrogens is 315 g/mol. The van der Waals surface area contributed by atoms with E-state index in [1.165, 1.54) is 5.82 Å². The van der Waals surface area contributed by atoms with E-state index in [1.807, 2.05) is 26.0 Å². The molecular formula is C17H21O5P. The van der Waals surface area contributed by atoms with E-state index < -0.39 is 13.2 Å². The van der Waals surface area contributed by atoms with Gasteiger partial charge in [0, 0.05) is 16.8 Å². The summed E-state index contributed by atoms with van der Waals surface area (Å²) in [5.74, 6) is 1.13. The molecule has 0 spiro atoms. The molecule has 0 radical (unpaired) electrons. The van der Waals surface area contributed by atoms with Gasteiger partial charge in [0.1, 0.15) is 5.60 Å². The maximum atomic E-state index is 12.9. The number of cyclic esters (lactones) is 1. The minimum Gasteiger partial charge on any atom is -0.451 e. The monoisotopic (exact) mass is 336 g/mol. The number of benzene rings is 1. The van der Waals surface area contributed by atoms with Crippen LogP contribution >= 0.6 is 7.60 Å². The van der Waals surface area contributed by atoms with Crippen molar-refractivity contribution in [2.24, 2.45) is 5.41 Å². The Labute approximate surface area is 136 Å². The molecule has 1 fully saturated rings. The molecule has 0 amide bonds. The molecule has 0 aliphatic carbocycles. The number of ether oxygens (including phenoxy) is 1. The van der Waals surface area contributed by atoms with Crippen molar-refractivity contribution >= 4 is 19.1 Å². The smallest absolute Gasteiger partial charge is 0.354 e. The number of rotatable bonds is 1. The lowest BCUT2D eigenvalue weighted by Gasteiger charge is -2.36. The predicted molar refractivity (Wildman–Crippen MR) is 87.2 cm³/mol. The zero-order valence-corrected chi connectivity index (χ0v) is 14.7. The lowest BCUT2D eigenvalue weighted by atomic mass is 9.87. The van der Waals surface area contributed by atoms with E-state index in [0.29, 0.717) is 29.9 Å². The molecule has 23 heavy (non-hydrogen) atoms. The molecule has 0 saturated carbocycles. The van der Waals surface area contributed by atoms with E-state index in [-0.39, 0.29) is 11.4 Å². The standard InChI is InChI=1S/C17H21O5P/c1-16(2)10-20-23(19,21-11-16)9-14-12-7-5-6-8-13(12)15(18)22-17(14,3)4/h5-9H,10-11H2,1-4H3/b14-9-. The second kappa shape index (κ2) is 5.30. The predicted octanol–water partition coefficient (Wildman–Crippen LogP) is 4.24. The summed E-state index contributed by atoms with van der Waals surface area (Å²) in [6.07, 6.45) is 0. The third-order valence-corrected chi connectivity index (χ3v) is 5.54. The summed E-state index contributed by atoms with van der Waals surface area (Å²) in [4.78, 5) is 12.1. The van der Waals surface area contributed by atoms with Gasteiger partial charge in [-0.3, -0.25) is 4.57 Å². The minimum absolute atomic E-state index is 0.168. The Hall–Kier alpha value is -1.42. The van der Waals surface area contributed by atoms with Gasteiger partial charge in [-0.1, -0.05) is 32.0 Å². The molecule has 2 heterocycles. The van der Waals surface area contributed by atoms with E-state index in [4.69, 9.17) is 13.8 Å². The van der Waals surface area contributed by atoms with Crippen LogP contribution in [-0.4, -0.2) is 24.8 Å². The third kappa shape index (κ3) is 3.14. The van der Waals surface area contributed by atoms with Gasteiger partial charge >= 0.3 is 13.6 Å². The zero-order valence-electron chi connectivity index (χ0n) is 13.8. The molecule has 0 atom stereocenters. The fourth-order valence-corrected chi connectivity index (χ4v) is 4.68. The molecule has 1 aromatic carbocycles. The zero-order chi connectivity index (χ0) is 16.9. The Morgan fingerprint density at radius 3 is 2.22 bits per heavy atom. The van der Waals surface area contributed by atoms with E-state index in [0.717, 1.165) is 0 Å². The summed E-state index contributed by atoms with van der Waals surface area (Å²) in [6, 6.07) is 7.13. The van der Waals surface area contributed by atoms with Gasteiger partial charge in [0.25, 0.3) is 0 Å². The Kier molecular flexibility index (Phi) is 3.79. The average Bonchev–Trinajstić information content (AvgIpc) is 2.47. The lowest BCUT2D eigenvalue weighted by Crippen LogP contribution is -2.35. The molecule has 124 valence electrons. The summed E-state index contributed by atoms with van der Waals surface area (Å²) in [7, 11) is -3.37. The highest BCUT2D eigenvalue weighted by molar-refractivity contribution is 7.57. The van der Waals surface area contributed by atoms with Crippen molar-refractivity contribution in [3.8, 4) is 0 Å². The van der Waals surface area contributed by atoms with Crippen LogP contribution in [0.3, 0.4) is 0 Å². The van der Waals surface area contributed by atoms with E-state index in [9.17, 15) is 9.36 Å². The molecule has 2 aliphatic heterocycles. The highest BCUT2D eigenvalue weighted by atomic mass is 31.2. The van der Waals surface area contributed by atoms with Crippen molar-refractivity contribution in [3.05, 3.63) is 41.2 Å². The van der Waals surface area contributed by atoms with Crippen molar-refractivity contribution in [1.29, 1.82) is 0 Å². The molecule has 0 N–H and O–H groups in total. The van der Waals surface area contributed by atoms with Crippen LogP contribution in [0.5, 0.6) is 0 Å². The lowest BCUT2D eigenvalue weighted by molar-refractivity contribution is 0.0174. The fraction of sp³-hybridized carbons (Fsp3) is 0.471. The first kappa shape index (κ1) is 16.4. The van der Waals surface area contributed by atoms with Gasteiger partial charge in [-0.25, -0.2) is 4.79 Å². The average molecular weight is 336 g/mol. The van der Waals surface area contributed by atoms with Gasteiger partial charge in [-0.05, 0) is 25.5 Å². The summed E-state index contributed by atoms with van der Waals surface area (Å²) in [5, 5.41) is 0. The highest BCUT2D eigenvalue weighted by Crippen LogP contribution is 2.58. The van der Waals surface area contributed by atoms with Crippen LogP contribution in [-0.2, 0) is 18.3 Å². The number of carbonyl (C=O) groups excluding carboxylic acids is 1. The Morgan fingerprint density at radius 2 is 1.61 bits per heavy atom. The van der Waals surface area contributed by atoms with Gasteiger partial charge in [0.15, 0.2) is 0 Å². The minimum atomic E-state index is -3.37. The van der Waals surface area contributed by atoms with E-state index in [2.05, 4.69) is 0 Å². The Morgan fingerprint density at radius 1 is 1.04 bits per heavy atom. The van der Waals surface area contributed by atoms with E-state index in [1.54, 1.807) is 26.0 Å². The maximum Gasteiger partial charge on any atom is 0.354 e. The topological polar surface area (TPSA) is 61.8 Å². The van der Waals surface area contributed by atoms with Gasteiger partial charge in [-0.15, -0.1) is 0 Å². The molecule has 5 nitrogen and oxygen atoms in total. The number of esters is 1. The molecule has 0 unspecified atom stereocenters. The number of hydrogen-bond acceptors (Lipinski definition) is 5. The number of carbonyl (C=O) groups is 1. The third-order valence-electron chi connectivity index (χ3n) is 3.99. The highest BCUT2D eigenvalue weighted by Gasteiger charge is 2.41. The van der Waals surface area contributed by atoms with Crippen molar-refractivity contribution in [1.82, 2.24) is 0 Å². The summed E-state index contributed by atoms with van der Waals surface area (Å²) in [6.45, 7) is 8.24. The summed E-state index contributed by atoms with van der Waals surface area (Å²) in [5.41, 5.74) is 0.750. The molecule has 3 rings (SSSR count). The van der Waals surface area contributed by atoms with Crippen LogP contribution in [0.1, 0.15) is 43.6 Å². The second-order valence-corrected chi connectivity index (χ2v) is 9.09. The van der Waals surface area contributed by atoms with Gasteiger partial charge in [-0.2, -0.15) is 0 Å². The molecule has 0 aromatic heterocycles. The first-order valence-electron chi connectivity index (χ1n) is 7.57. The van der Waals surface area contributed by atoms with Crippen molar-refractivity contribution in [3.63, 3.8) is 0 Å². The van der Waals surface area contributed by atoms with E-state index >= 15 is 0 Å². The Balaban J connectivity index is 2.05. The SMILES string of the molecule is CC1(C)COP(=O)(/C=C2/c3ccccc3C(=O)OC2(C)C)OC1.